The Balaban J connectivity index is 0.892. The van der Waals surface area contributed by atoms with E-state index in [1.54, 1.807) is 0 Å². The molecule has 0 heteroatoms. The van der Waals surface area contributed by atoms with Crippen molar-refractivity contribution in [2.45, 2.75) is 18.3 Å². The van der Waals surface area contributed by atoms with Crippen LogP contribution in [0.1, 0.15) is 56.3 Å². The zero-order chi connectivity index (χ0) is 37.5. The Bertz CT molecular complexity index is 3040. The molecule has 57 heavy (non-hydrogen) atoms. The van der Waals surface area contributed by atoms with Crippen molar-refractivity contribution in [2.24, 2.45) is 0 Å². The molecule has 0 N–H and O–H groups in total. The van der Waals surface area contributed by atoms with E-state index in [2.05, 4.69) is 206 Å². The van der Waals surface area contributed by atoms with Gasteiger partial charge in [-0.3, -0.25) is 0 Å². The highest BCUT2D eigenvalue weighted by Crippen LogP contribution is 2.52. The fourth-order valence-electron chi connectivity index (χ4n) is 10.2. The topological polar surface area (TPSA) is 0 Å². The lowest BCUT2D eigenvalue weighted by Crippen LogP contribution is -1.99. The molecule has 0 aromatic heterocycles. The molecule has 0 heterocycles. The van der Waals surface area contributed by atoms with Crippen molar-refractivity contribution in [3.63, 3.8) is 0 Å². The summed E-state index contributed by atoms with van der Waals surface area (Å²) in [4.78, 5) is 0. The van der Waals surface area contributed by atoms with E-state index in [-0.39, 0.29) is 11.8 Å². The molecule has 12 rings (SSSR count). The Morgan fingerprint density at radius 3 is 1.40 bits per heavy atom. The first-order valence-corrected chi connectivity index (χ1v) is 20.2. The summed E-state index contributed by atoms with van der Waals surface area (Å²) >= 11 is 0. The molecule has 9 aromatic carbocycles. The van der Waals surface area contributed by atoms with Crippen LogP contribution in [0.15, 0.2) is 206 Å². The average molecular weight is 723 g/mol. The van der Waals surface area contributed by atoms with Gasteiger partial charge in [-0.2, -0.15) is 0 Å². The van der Waals surface area contributed by atoms with Gasteiger partial charge in [0.15, 0.2) is 0 Å². The van der Waals surface area contributed by atoms with Crippen LogP contribution in [0.3, 0.4) is 0 Å². The molecule has 3 aliphatic carbocycles. The van der Waals surface area contributed by atoms with E-state index in [4.69, 9.17) is 0 Å². The molecule has 0 aliphatic heterocycles. The van der Waals surface area contributed by atoms with E-state index in [0.29, 0.717) is 0 Å². The molecule has 0 amide bonds. The number of rotatable bonds is 5. The van der Waals surface area contributed by atoms with Crippen LogP contribution in [0, 0.1) is 0 Å². The molecule has 266 valence electrons. The molecule has 9 aromatic rings. The largest absolute Gasteiger partial charge is 0.0622 e. The highest BCUT2D eigenvalue weighted by atomic mass is 14.4. The van der Waals surface area contributed by atoms with Crippen molar-refractivity contribution in [2.75, 3.05) is 0 Å². The third-order valence-corrected chi connectivity index (χ3v) is 12.9. The fraction of sp³-hybridized carbons (Fsp3) is 0.0526. The van der Waals surface area contributed by atoms with Crippen molar-refractivity contribution in [1.29, 1.82) is 0 Å². The number of hydrogen-bond acceptors (Lipinski definition) is 0. The normalized spacial score (nSPS) is 15.3. The number of hydrogen-bond donors (Lipinski definition) is 0. The summed E-state index contributed by atoms with van der Waals surface area (Å²) in [5.74, 6) is 0.401. The molecule has 0 saturated carbocycles. The lowest BCUT2D eigenvalue weighted by atomic mass is 9.86. The molecule has 2 atom stereocenters. The SMILES string of the molecule is c1ccc(-c2cccc(C3c4ccccc4-c4cc(-c5ccc6c(c5)-c5ccccc5C6c5ccc(-c6ccc7c(c6)-c6ccccc6C7)cc5)ccc43)c2)cc1. The first-order valence-electron chi connectivity index (χ1n) is 20.2. The summed E-state index contributed by atoms with van der Waals surface area (Å²) in [6, 6.07) is 77.4. The van der Waals surface area contributed by atoms with Gasteiger partial charge in [0.05, 0.1) is 0 Å². The maximum atomic E-state index is 2.44. The van der Waals surface area contributed by atoms with Gasteiger partial charge in [-0.1, -0.05) is 188 Å². The maximum absolute atomic E-state index is 2.44. The van der Waals surface area contributed by atoms with Gasteiger partial charge in [-0.05, 0) is 136 Å². The molecular formula is C57H38. The predicted octanol–water partition coefficient (Wildman–Crippen LogP) is 14.6. The van der Waals surface area contributed by atoms with Gasteiger partial charge in [0.25, 0.3) is 0 Å². The summed E-state index contributed by atoms with van der Waals surface area (Å²) in [6.07, 6.45) is 1.03. The third kappa shape index (κ3) is 5.14. The third-order valence-electron chi connectivity index (χ3n) is 12.9. The van der Waals surface area contributed by atoms with Crippen molar-refractivity contribution in [3.8, 4) is 66.8 Å². The Kier molecular flexibility index (Phi) is 7.22. The zero-order valence-electron chi connectivity index (χ0n) is 31.5. The highest BCUT2D eigenvalue weighted by Gasteiger charge is 2.32. The molecule has 0 fully saturated rings. The van der Waals surface area contributed by atoms with E-state index < -0.39 is 0 Å². The minimum absolute atomic E-state index is 0.200. The number of fused-ring (bicyclic) bond motifs is 9. The Labute approximate surface area is 334 Å². The molecule has 0 spiro atoms. The van der Waals surface area contributed by atoms with Crippen LogP contribution < -0.4 is 0 Å². The summed E-state index contributed by atoms with van der Waals surface area (Å²) in [6.45, 7) is 0. The summed E-state index contributed by atoms with van der Waals surface area (Å²) in [5.41, 5.74) is 26.7. The molecule has 0 bridgehead atoms. The first-order chi connectivity index (χ1) is 28.2. The van der Waals surface area contributed by atoms with Crippen molar-refractivity contribution < 1.29 is 0 Å². The van der Waals surface area contributed by atoms with Gasteiger partial charge in [0.1, 0.15) is 0 Å². The van der Waals surface area contributed by atoms with E-state index in [0.717, 1.165) is 6.42 Å². The molecule has 0 radical (unpaired) electrons. The molecule has 0 saturated heterocycles. The van der Waals surface area contributed by atoms with E-state index in [9.17, 15) is 0 Å². The van der Waals surface area contributed by atoms with Crippen LogP contribution in [0.4, 0.5) is 0 Å². The van der Waals surface area contributed by atoms with Crippen LogP contribution in [0.2, 0.25) is 0 Å². The van der Waals surface area contributed by atoms with E-state index in [1.807, 2.05) is 0 Å². The molecule has 0 nitrogen and oxygen atoms in total. The second-order valence-electron chi connectivity index (χ2n) is 16.0. The number of benzene rings is 9. The Morgan fingerprint density at radius 1 is 0.246 bits per heavy atom. The van der Waals surface area contributed by atoms with Crippen LogP contribution in [-0.2, 0) is 6.42 Å². The average Bonchev–Trinajstić information content (AvgIpc) is 3.94. The molecule has 2 unspecified atom stereocenters. The standard InChI is InChI=1S/C57H38/c1-2-11-36(12-3-1)39-14-10-15-45(31-39)57-50-20-9-7-18-48(50)55-35-42(28-30-52(55)57)41-27-29-51-54(34-41)47-17-6-8-19-49(47)56(51)38-23-21-37(22-24-38)40-25-26-44-32-43-13-4-5-16-46(43)53(44)33-40/h1-31,33-35,56-57H,32H2. The van der Waals surface area contributed by atoms with Crippen molar-refractivity contribution in [3.05, 3.63) is 251 Å². The lowest BCUT2D eigenvalue weighted by Gasteiger charge is -2.17. The Hall–Kier alpha value is -7.02. The smallest absolute Gasteiger partial charge is 0.0352 e. The summed E-state index contributed by atoms with van der Waals surface area (Å²) in [5, 5.41) is 0. The minimum atomic E-state index is 0.200. The molecular weight excluding hydrogens is 685 g/mol. The fourth-order valence-corrected chi connectivity index (χ4v) is 10.2. The van der Waals surface area contributed by atoms with Gasteiger partial charge in [-0.25, -0.2) is 0 Å². The zero-order valence-corrected chi connectivity index (χ0v) is 31.5. The summed E-state index contributed by atoms with van der Waals surface area (Å²) < 4.78 is 0. The lowest BCUT2D eigenvalue weighted by molar-refractivity contribution is 1.01. The molecule has 3 aliphatic rings. The van der Waals surface area contributed by atoms with Crippen LogP contribution in [-0.4, -0.2) is 0 Å². The second-order valence-corrected chi connectivity index (χ2v) is 16.0. The van der Waals surface area contributed by atoms with Crippen molar-refractivity contribution in [1.82, 2.24) is 0 Å². The van der Waals surface area contributed by atoms with E-state index in [1.165, 1.54) is 111 Å². The van der Waals surface area contributed by atoms with Gasteiger partial charge in [0.2, 0.25) is 0 Å². The van der Waals surface area contributed by atoms with E-state index >= 15 is 0 Å². The van der Waals surface area contributed by atoms with Crippen LogP contribution in [0.5, 0.6) is 0 Å². The van der Waals surface area contributed by atoms with Crippen LogP contribution in [0.25, 0.3) is 66.8 Å². The quantitative estimate of drug-likeness (QED) is 0.166. The first kappa shape index (κ1) is 32.2. The van der Waals surface area contributed by atoms with Gasteiger partial charge in [-0.15, -0.1) is 0 Å². The summed E-state index contributed by atoms with van der Waals surface area (Å²) in [7, 11) is 0. The predicted molar refractivity (Wildman–Crippen MR) is 237 cm³/mol. The maximum Gasteiger partial charge on any atom is 0.0352 e. The monoisotopic (exact) mass is 722 g/mol. The van der Waals surface area contributed by atoms with Gasteiger partial charge < -0.3 is 0 Å². The van der Waals surface area contributed by atoms with Gasteiger partial charge in [0, 0.05) is 11.8 Å². The second kappa shape index (κ2) is 12.8. The minimum Gasteiger partial charge on any atom is -0.0622 e. The van der Waals surface area contributed by atoms with Gasteiger partial charge >= 0.3 is 0 Å². The highest BCUT2D eigenvalue weighted by molar-refractivity contribution is 5.88. The van der Waals surface area contributed by atoms with Crippen LogP contribution >= 0.6 is 0 Å². The van der Waals surface area contributed by atoms with Crippen molar-refractivity contribution >= 4 is 0 Å². The Morgan fingerprint density at radius 2 is 0.702 bits per heavy atom.